The molecule has 19 heavy (non-hydrogen) atoms. The van der Waals surface area contributed by atoms with Crippen LogP contribution in [0.15, 0.2) is 12.3 Å². The van der Waals surface area contributed by atoms with Gasteiger partial charge in [0.1, 0.15) is 5.69 Å². The van der Waals surface area contributed by atoms with Crippen molar-refractivity contribution in [2.75, 3.05) is 32.9 Å². The molecule has 0 bridgehead atoms. The van der Waals surface area contributed by atoms with Crippen LogP contribution in [0.25, 0.3) is 0 Å². The minimum Gasteiger partial charge on any atom is -0.397 e. The van der Waals surface area contributed by atoms with E-state index in [4.69, 9.17) is 5.73 Å². The molecule has 1 amide bonds. The van der Waals surface area contributed by atoms with Gasteiger partial charge in [0.25, 0.3) is 5.91 Å². The van der Waals surface area contributed by atoms with Crippen LogP contribution in [0.1, 0.15) is 36.7 Å². The molecule has 1 heterocycles. The molecule has 0 radical (unpaired) electrons. The molecule has 5 heteroatoms. The van der Waals surface area contributed by atoms with Crippen molar-refractivity contribution in [3.05, 3.63) is 18.0 Å². The van der Waals surface area contributed by atoms with Gasteiger partial charge in [-0.3, -0.25) is 4.79 Å². The SMILES string of the molecule is CCCn1cc(N)cc1C(=O)NCCCCN(C)C. The predicted molar refractivity (Wildman–Crippen MR) is 79.3 cm³/mol. The molecule has 0 aliphatic rings. The van der Waals surface area contributed by atoms with E-state index < -0.39 is 0 Å². The lowest BCUT2D eigenvalue weighted by molar-refractivity contribution is 0.0943. The number of carbonyl (C=O) groups excluding carboxylic acids is 1. The minimum atomic E-state index is -0.0324. The zero-order valence-corrected chi connectivity index (χ0v) is 12.3. The number of nitrogens with zero attached hydrogens (tertiary/aromatic N) is 2. The number of amides is 1. The van der Waals surface area contributed by atoms with Crippen LogP contribution in [-0.4, -0.2) is 42.6 Å². The molecule has 1 aromatic heterocycles. The quantitative estimate of drug-likeness (QED) is 0.702. The summed E-state index contributed by atoms with van der Waals surface area (Å²) in [6.45, 7) is 4.67. The van der Waals surface area contributed by atoms with Gasteiger partial charge < -0.3 is 20.5 Å². The fourth-order valence-corrected chi connectivity index (χ4v) is 1.99. The average molecular weight is 266 g/mol. The zero-order chi connectivity index (χ0) is 14.3. The van der Waals surface area contributed by atoms with Crippen LogP contribution >= 0.6 is 0 Å². The Hall–Kier alpha value is -1.49. The van der Waals surface area contributed by atoms with Gasteiger partial charge in [0, 0.05) is 19.3 Å². The molecule has 3 N–H and O–H groups in total. The van der Waals surface area contributed by atoms with Crippen LogP contribution in [0.4, 0.5) is 5.69 Å². The fraction of sp³-hybridized carbons (Fsp3) is 0.643. The van der Waals surface area contributed by atoms with Crippen molar-refractivity contribution in [1.29, 1.82) is 0 Å². The van der Waals surface area contributed by atoms with E-state index in [-0.39, 0.29) is 5.91 Å². The normalized spacial score (nSPS) is 10.9. The molecule has 5 nitrogen and oxygen atoms in total. The van der Waals surface area contributed by atoms with Crippen molar-refractivity contribution >= 4 is 11.6 Å². The topological polar surface area (TPSA) is 63.3 Å². The molecule has 0 aromatic carbocycles. The lowest BCUT2D eigenvalue weighted by atomic mass is 10.3. The van der Waals surface area contributed by atoms with Gasteiger partial charge in [-0.05, 0) is 46.0 Å². The monoisotopic (exact) mass is 266 g/mol. The Morgan fingerprint density at radius 2 is 2.16 bits per heavy atom. The van der Waals surface area contributed by atoms with E-state index in [0.29, 0.717) is 17.9 Å². The molecule has 0 saturated carbocycles. The Morgan fingerprint density at radius 1 is 1.42 bits per heavy atom. The average Bonchev–Trinajstić information content (AvgIpc) is 2.70. The van der Waals surface area contributed by atoms with Crippen LogP contribution in [0.3, 0.4) is 0 Å². The van der Waals surface area contributed by atoms with Crippen LogP contribution in [0.5, 0.6) is 0 Å². The highest BCUT2D eigenvalue weighted by Crippen LogP contribution is 2.11. The molecule has 0 atom stereocenters. The summed E-state index contributed by atoms with van der Waals surface area (Å²) < 4.78 is 1.92. The van der Waals surface area contributed by atoms with Gasteiger partial charge in [0.05, 0.1) is 5.69 Å². The lowest BCUT2D eigenvalue weighted by Gasteiger charge is -2.10. The molecule has 0 spiro atoms. The van der Waals surface area contributed by atoms with Gasteiger partial charge in [-0.2, -0.15) is 0 Å². The second kappa shape index (κ2) is 7.84. The summed E-state index contributed by atoms with van der Waals surface area (Å²) in [5.74, 6) is -0.0324. The number of rotatable bonds is 8. The summed E-state index contributed by atoms with van der Waals surface area (Å²) in [5, 5.41) is 2.95. The first-order valence-corrected chi connectivity index (χ1v) is 6.93. The van der Waals surface area contributed by atoms with Crippen LogP contribution in [0, 0.1) is 0 Å². The maximum absolute atomic E-state index is 12.1. The molecular weight excluding hydrogens is 240 g/mol. The standard InChI is InChI=1S/C14H26N4O/c1-4-8-18-11-12(15)10-13(18)14(19)16-7-5-6-9-17(2)3/h10-11H,4-9,15H2,1-3H3,(H,16,19). The summed E-state index contributed by atoms with van der Waals surface area (Å²) in [5.41, 5.74) is 7.05. The molecule has 1 rings (SSSR count). The van der Waals surface area contributed by atoms with Gasteiger partial charge >= 0.3 is 0 Å². The van der Waals surface area contributed by atoms with Crippen LogP contribution in [0.2, 0.25) is 0 Å². The first-order chi connectivity index (χ1) is 9.04. The molecular formula is C14H26N4O. The van der Waals surface area contributed by atoms with Crippen molar-refractivity contribution in [3.63, 3.8) is 0 Å². The Morgan fingerprint density at radius 3 is 2.79 bits per heavy atom. The van der Waals surface area contributed by atoms with Gasteiger partial charge in [-0.25, -0.2) is 0 Å². The third kappa shape index (κ3) is 5.34. The van der Waals surface area contributed by atoms with E-state index in [1.807, 2.05) is 10.8 Å². The lowest BCUT2D eigenvalue weighted by Crippen LogP contribution is -2.27. The van der Waals surface area contributed by atoms with Crippen LogP contribution in [-0.2, 0) is 6.54 Å². The molecule has 0 saturated heterocycles. The summed E-state index contributed by atoms with van der Waals surface area (Å²) in [7, 11) is 4.11. The molecule has 1 aromatic rings. The largest absolute Gasteiger partial charge is 0.397 e. The molecule has 0 aliphatic carbocycles. The van der Waals surface area contributed by atoms with Gasteiger partial charge in [-0.1, -0.05) is 6.92 Å². The number of nitrogens with one attached hydrogen (secondary N) is 1. The first kappa shape index (κ1) is 15.6. The number of nitrogens with two attached hydrogens (primary N) is 1. The molecule has 0 aliphatic heterocycles. The Bertz CT molecular complexity index is 398. The Labute approximate surface area is 115 Å². The fourth-order valence-electron chi connectivity index (χ4n) is 1.99. The number of hydrogen-bond acceptors (Lipinski definition) is 3. The highest BCUT2D eigenvalue weighted by Gasteiger charge is 2.11. The number of aryl methyl sites for hydroxylation is 1. The third-order valence-electron chi connectivity index (χ3n) is 2.93. The van der Waals surface area contributed by atoms with Gasteiger partial charge in [0.2, 0.25) is 0 Å². The summed E-state index contributed by atoms with van der Waals surface area (Å²) in [6, 6.07) is 1.74. The third-order valence-corrected chi connectivity index (χ3v) is 2.93. The number of carbonyl (C=O) groups is 1. The van der Waals surface area contributed by atoms with E-state index in [1.54, 1.807) is 6.07 Å². The summed E-state index contributed by atoms with van der Waals surface area (Å²) in [6.07, 6.45) is 4.89. The molecule has 108 valence electrons. The summed E-state index contributed by atoms with van der Waals surface area (Å²) in [4.78, 5) is 14.2. The van der Waals surface area contributed by atoms with E-state index in [1.165, 1.54) is 0 Å². The second-order valence-corrected chi connectivity index (χ2v) is 5.12. The maximum atomic E-state index is 12.1. The number of anilines is 1. The zero-order valence-electron chi connectivity index (χ0n) is 12.3. The predicted octanol–water partition coefficient (Wildman–Crippen LogP) is 1.55. The number of hydrogen-bond donors (Lipinski definition) is 2. The van der Waals surface area contributed by atoms with E-state index in [9.17, 15) is 4.79 Å². The molecule has 0 unspecified atom stereocenters. The number of nitrogen functional groups attached to an aromatic ring is 1. The van der Waals surface area contributed by atoms with Crippen molar-refractivity contribution in [3.8, 4) is 0 Å². The van der Waals surface area contributed by atoms with E-state index in [2.05, 4.69) is 31.2 Å². The van der Waals surface area contributed by atoms with Crippen LogP contribution < -0.4 is 11.1 Å². The number of aromatic nitrogens is 1. The first-order valence-electron chi connectivity index (χ1n) is 6.93. The minimum absolute atomic E-state index is 0.0324. The summed E-state index contributed by atoms with van der Waals surface area (Å²) >= 11 is 0. The van der Waals surface area contributed by atoms with Crippen molar-refractivity contribution < 1.29 is 4.79 Å². The number of unbranched alkanes of at least 4 members (excludes halogenated alkanes) is 1. The smallest absolute Gasteiger partial charge is 0.267 e. The highest BCUT2D eigenvalue weighted by atomic mass is 16.1. The van der Waals surface area contributed by atoms with E-state index >= 15 is 0 Å². The van der Waals surface area contributed by atoms with Crippen molar-refractivity contribution in [1.82, 2.24) is 14.8 Å². The van der Waals surface area contributed by atoms with Crippen molar-refractivity contribution in [2.45, 2.75) is 32.7 Å². The Balaban J connectivity index is 2.40. The van der Waals surface area contributed by atoms with Crippen molar-refractivity contribution in [2.24, 2.45) is 0 Å². The highest BCUT2D eigenvalue weighted by molar-refractivity contribution is 5.93. The van der Waals surface area contributed by atoms with E-state index in [0.717, 1.165) is 32.4 Å². The Kier molecular flexibility index (Phi) is 6.42. The molecule has 0 fully saturated rings. The maximum Gasteiger partial charge on any atom is 0.267 e. The second-order valence-electron chi connectivity index (χ2n) is 5.12. The van der Waals surface area contributed by atoms with Gasteiger partial charge in [-0.15, -0.1) is 0 Å². The van der Waals surface area contributed by atoms with Gasteiger partial charge in [0.15, 0.2) is 0 Å².